The first-order valence-corrected chi connectivity index (χ1v) is 12.0. The van der Waals surface area contributed by atoms with E-state index in [1.165, 1.54) is 6.33 Å². The number of carboxylic acid groups (broad SMARTS) is 1. The molecule has 0 fully saturated rings. The van der Waals surface area contributed by atoms with Crippen molar-refractivity contribution in [2.45, 2.75) is 25.7 Å². The molecular weight excluding hydrogens is 518 g/mol. The van der Waals surface area contributed by atoms with Gasteiger partial charge in [0.15, 0.2) is 0 Å². The van der Waals surface area contributed by atoms with Crippen LogP contribution in [-0.2, 0) is 9.59 Å². The van der Waals surface area contributed by atoms with E-state index in [4.69, 9.17) is 5.11 Å². The van der Waals surface area contributed by atoms with Gasteiger partial charge in [0.1, 0.15) is 18.0 Å². The zero-order valence-electron chi connectivity index (χ0n) is 21.4. The number of fused-ring (bicyclic) bond motifs is 1. The van der Waals surface area contributed by atoms with Crippen LogP contribution >= 0.6 is 13.5 Å². The highest BCUT2D eigenvalue weighted by Gasteiger charge is 2.15. The first-order chi connectivity index (χ1) is 18.4. The molecule has 3 aromatic heterocycles. The average Bonchev–Trinajstić information content (AvgIpc) is 2.94. The molecule has 0 spiro atoms. The number of nitrogens with zero attached hydrogens (tertiary/aromatic N) is 4. The van der Waals surface area contributed by atoms with Crippen molar-refractivity contribution in [3.63, 3.8) is 0 Å². The summed E-state index contributed by atoms with van der Waals surface area (Å²) in [4.78, 5) is 52.1. The van der Waals surface area contributed by atoms with Crippen molar-refractivity contribution in [1.29, 1.82) is 0 Å². The lowest BCUT2D eigenvalue weighted by Gasteiger charge is -2.16. The van der Waals surface area contributed by atoms with E-state index in [1.54, 1.807) is 43.7 Å². The molecule has 1 aromatic carbocycles. The van der Waals surface area contributed by atoms with Crippen molar-refractivity contribution in [2.75, 3.05) is 24.2 Å². The first kappa shape index (κ1) is 29.0. The highest BCUT2D eigenvalue weighted by molar-refractivity contribution is 7.59. The summed E-state index contributed by atoms with van der Waals surface area (Å²) < 4.78 is 0. The monoisotopic (exact) mass is 547 g/mol. The summed E-state index contributed by atoms with van der Waals surface area (Å²) in [5.41, 5.74) is 3.76. The summed E-state index contributed by atoms with van der Waals surface area (Å²) in [6, 6.07) is 12.7. The maximum absolute atomic E-state index is 12.3. The number of benzene rings is 1. The molecule has 0 aliphatic heterocycles. The Hall–Kier alpha value is -4.58. The van der Waals surface area contributed by atoms with Gasteiger partial charge in [-0.25, -0.2) is 15.0 Å². The minimum Gasteiger partial charge on any atom is -0.481 e. The summed E-state index contributed by atoms with van der Waals surface area (Å²) in [7, 11) is 1.61. The predicted octanol–water partition coefficient (Wildman–Crippen LogP) is 3.58. The molecule has 202 valence electrons. The summed E-state index contributed by atoms with van der Waals surface area (Å²) in [6.45, 7) is 2.65. The number of nitrogens with one attached hydrogen (secondary N) is 3. The fraction of sp³-hybridized carbons (Fsp3) is 0.222. The van der Waals surface area contributed by atoms with Crippen LogP contribution in [0.15, 0.2) is 61.2 Å². The van der Waals surface area contributed by atoms with Gasteiger partial charge in [0, 0.05) is 55.3 Å². The maximum atomic E-state index is 12.3. The summed E-state index contributed by atoms with van der Waals surface area (Å²) >= 11 is 0. The second-order valence-electron chi connectivity index (χ2n) is 8.63. The smallest absolute Gasteiger partial charge is 0.303 e. The average molecular weight is 548 g/mol. The highest BCUT2D eigenvalue weighted by atomic mass is 32.1. The molecule has 0 saturated carbocycles. The molecule has 0 saturated heterocycles. The van der Waals surface area contributed by atoms with Crippen molar-refractivity contribution >= 4 is 53.8 Å². The number of hydrogen-bond donors (Lipinski definition) is 4. The quantitative estimate of drug-likeness (QED) is 0.233. The molecular formula is C27H29N7O4S. The lowest BCUT2D eigenvalue weighted by Crippen LogP contribution is -2.18. The number of pyridine rings is 2. The standard InChI is InChI=1S/C27H27N7O4.H2S/c1-16(18-4-3-5-19-20(27(38)28-2)10-11-29-26(18)19)13-30-23-12-21(32-15-33-23)17-6-7-22(31-14-17)34-24(35)8-9-25(36)37;/h3-7,10-12,14-16H,8-9,13H2,1-2H3,(H,28,38)(H,36,37)(H,30,32,33)(H,31,34,35);1H2/t16-;/m1./s1. The normalized spacial score (nSPS) is 11.2. The van der Waals surface area contributed by atoms with Crippen LogP contribution in [0.4, 0.5) is 11.6 Å². The third-order valence-electron chi connectivity index (χ3n) is 5.95. The second-order valence-corrected chi connectivity index (χ2v) is 8.63. The zero-order valence-corrected chi connectivity index (χ0v) is 22.4. The molecule has 12 heteroatoms. The van der Waals surface area contributed by atoms with E-state index in [1.807, 2.05) is 18.2 Å². The van der Waals surface area contributed by atoms with Crippen LogP contribution in [0.5, 0.6) is 0 Å². The van der Waals surface area contributed by atoms with Crippen LogP contribution in [0.1, 0.15) is 41.6 Å². The number of anilines is 2. The summed E-state index contributed by atoms with van der Waals surface area (Å²) in [5.74, 6) is -0.579. The van der Waals surface area contributed by atoms with Crippen LogP contribution in [0.25, 0.3) is 22.2 Å². The minimum atomic E-state index is -1.03. The molecule has 11 nitrogen and oxygen atoms in total. The fourth-order valence-electron chi connectivity index (χ4n) is 3.95. The van der Waals surface area contributed by atoms with Gasteiger partial charge < -0.3 is 21.1 Å². The molecule has 4 aromatic rings. The first-order valence-electron chi connectivity index (χ1n) is 12.0. The molecule has 0 radical (unpaired) electrons. The Morgan fingerprint density at radius 1 is 0.974 bits per heavy atom. The van der Waals surface area contributed by atoms with E-state index in [-0.39, 0.29) is 38.2 Å². The van der Waals surface area contributed by atoms with Crippen molar-refractivity contribution in [3.05, 3.63) is 72.3 Å². The largest absolute Gasteiger partial charge is 0.481 e. The Morgan fingerprint density at radius 2 is 1.79 bits per heavy atom. The summed E-state index contributed by atoms with van der Waals surface area (Å²) in [5, 5.41) is 18.1. The molecule has 0 unspecified atom stereocenters. The number of aromatic nitrogens is 4. The molecule has 2 amide bonds. The van der Waals surface area contributed by atoms with Crippen LogP contribution < -0.4 is 16.0 Å². The van der Waals surface area contributed by atoms with Gasteiger partial charge in [-0.05, 0) is 23.8 Å². The lowest BCUT2D eigenvalue weighted by atomic mass is 9.96. The molecule has 1 atom stereocenters. The van der Waals surface area contributed by atoms with Crippen LogP contribution in [0.2, 0.25) is 0 Å². The lowest BCUT2D eigenvalue weighted by molar-refractivity contribution is -0.138. The maximum Gasteiger partial charge on any atom is 0.303 e. The van der Waals surface area contributed by atoms with E-state index in [9.17, 15) is 14.4 Å². The van der Waals surface area contributed by atoms with Gasteiger partial charge in [-0.1, -0.05) is 25.1 Å². The van der Waals surface area contributed by atoms with Gasteiger partial charge in [0.2, 0.25) is 5.91 Å². The molecule has 0 bridgehead atoms. The van der Waals surface area contributed by atoms with Gasteiger partial charge in [-0.15, -0.1) is 0 Å². The molecule has 0 aliphatic carbocycles. The third-order valence-corrected chi connectivity index (χ3v) is 5.95. The number of hydrogen-bond acceptors (Lipinski definition) is 8. The van der Waals surface area contributed by atoms with E-state index < -0.39 is 11.9 Å². The number of aliphatic carboxylic acids is 1. The van der Waals surface area contributed by atoms with E-state index in [2.05, 4.69) is 42.8 Å². The van der Waals surface area contributed by atoms with Crippen molar-refractivity contribution < 1.29 is 19.5 Å². The van der Waals surface area contributed by atoms with Gasteiger partial charge in [-0.2, -0.15) is 13.5 Å². The highest BCUT2D eigenvalue weighted by Crippen LogP contribution is 2.27. The topological polar surface area (TPSA) is 159 Å². The number of carbonyl (C=O) groups is 3. The Balaban J connectivity index is 0.00000420. The predicted molar refractivity (Wildman–Crippen MR) is 153 cm³/mol. The number of amides is 2. The number of para-hydroxylation sites is 1. The molecule has 39 heavy (non-hydrogen) atoms. The third kappa shape index (κ3) is 7.26. The molecule has 0 aliphatic rings. The van der Waals surface area contributed by atoms with Gasteiger partial charge >= 0.3 is 5.97 Å². The van der Waals surface area contributed by atoms with Crippen LogP contribution in [0.3, 0.4) is 0 Å². The van der Waals surface area contributed by atoms with E-state index >= 15 is 0 Å². The minimum absolute atomic E-state index is 0. The Bertz CT molecular complexity index is 1480. The Morgan fingerprint density at radius 3 is 2.51 bits per heavy atom. The van der Waals surface area contributed by atoms with Crippen LogP contribution in [-0.4, -0.2) is 56.4 Å². The van der Waals surface area contributed by atoms with Crippen molar-refractivity contribution in [3.8, 4) is 11.3 Å². The van der Waals surface area contributed by atoms with Crippen LogP contribution in [0, 0.1) is 0 Å². The number of carboxylic acids is 1. The van der Waals surface area contributed by atoms with E-state index in [0.717, 1.165) is 22.0 Å². The Labute approximate surface area is 232 Å². The SMILES string of the molecule is CNC(=O)c1ccnc2c([C@H](C)CNc3cc(-c4ccc(NC(=O)CCC(=O)O)nc4)ncn3)cccc12.S. The second kappa shape index (κ2) is 13.3. The van der Waals surface area contributed by atoms with Gasteiger partial charge in [0.05, 0.1) is 23.2 Å². The zero-order chi connectivity index (χ0) is 27.1. The molecule has 3 heterocycles. The van der Waals surface area contributed by atoms with Crippen molar-refractivity contribution in [2.24, 2.45) is 0 Å². The number of carbonyl (C=O) groups excluding carboxylic acids is 2. The molecule has 4 N–H and O–H groups in total. The van der Waals surface area contributed by atoms with E-state index in [0.29, 0.717) is 29.4 Å². The Kier molecular flexibility index (Phi) is 9.87. The van der Waals surface area contributed by atoms with Crippen molar-refractivity contribution in [1.82, 2.24) is 25.3 Å². The fourth-order valence-corrected chi connectivity index (χ4v) is 3.95. The summed E-state index contributed by atoms with van der Waals surface area (Å²) in [6.07, 6.45) is 4.32. The van der Waals surface area contributed by atoms with Gasteiger partial charge in [0.25, 0.3) is 5.91 Å². The number of rotatable bonds is 10. The van der Waals surface area contributed by atoms with Gasteiger partial charge in [-0.3, -0.25) is 19.4 Å². The molecule has 4 rings (SSSR count).